The Morgan fingerprint density at radius 1 is 1.33 bits per heavy atom. The predicted octanol–water partition coefficient (Wildman–Crippen LogP) is 2.56. The fraction of sp³-hybridized carbons (Fsp3) is 0.538. The maximum atomic E-state index is 5.78. The summed E-state index contributed by atoms with van der Waals surface area (Å²) in [6.07, 6.45) is 0.965. The molecular formula is C13H21NO. The average molecular weight is 207 g/mol. The van der Waals surface area contributed by atoms with Gasteiger partial charge in [-0.2, -0.15) is 0 Å². The Kier molecular flexibility index (Phi) is 4.79. The van der Waals surface area contributed by atoms with Gasteiger partial charge in [0, 0.05) is 6.04 Å². The van der Waals surface area contributed by atoms with Gasteiger partial charge in [0.05, 0.1) is 13.2 Å². The molecule has 84 valence electrons. The Hall–Kier alpha value is -0.860. The molecule has 0 aromatic heterocycles. The topological polar surface area (TPSA) is 35.2 Å². The highest BCUT2D eigenvalue weighted by Crippen LogP contribution is 2.11. The van der Waals surface area contributed by atoms with Crippen LogP contribution in [-0.2, 0) is 11.3 Å². The van der Waals surface area contributed by atoms with Crippen LogP contribution in [0.2, 0.25) is 0 Å². The second-order valence-corrected chi connectivity index (χ2v) is 4.11. The quantitative estimate of drug-likeness (QED) is 0.805. The minimum Gasteiger partial charge on any atom is -0.375 e. The first-order valence-electron chi connectivity index (χ1n) is 5.53. The molecule has 0 unspecified atom stereocenters. The number of benzene rings is 1. The molecule has 0 saturated heterocycles. The lowest BCUT2D eigenvalue weighted by Gasteiger charge is -2.11. The van der Waals surface area contributed by atoms with Gasteiger partial charge in [0.25, 0.3) is 0 Å². The molecule has 0 radical (unpaired) electrons. The first-order valence-corrected chi connectivity index (χ1v) is 5.53. The molecule has 0 fully saturated rings. The van der Waals surface area contributed by atoms with Crippen molar-refractivity contribution in [1.82, 2.24) is 0 Å². The van der Waals surface area contributed by atoms with Gasteiger partial charge < -0.3 is 10.5 Å². The molecule has 1 aromatic rings. The molecule has 0 amide bonds. The van der Waals surface area contributed by atoms with E-state index >= 15 is 0 Å². The molecule has 1 rings (SSSR count). The molecule has 0 aliphatic rings. The third kappa shape index (κ3) is 4.02. The maximum absolute atomic E-state index is 5.78. The van der Waals surface area contributed by atoms with Crippen LogP contribution < -0.4 is 5.73 Å². The third-order valence-electron chi connectivity index (χ3n) is 2.62. The largest absolute Gasteiger partial charge is 0.375 e. The van der Waals surface area contributed by atoms with Crippen molar-refractivity contribution >= 4 is 0 Å². The van der Waals surface area contributed by atoms with Crippen LogP contribution in [0.25, 0.3) is 0 Å². The van der Waals surface area contributed by atoms with Crippen LogP contribution in [0.3, 0.4) is 0 Å². The molecule has 0 spiro atoms. The van der Waals surface area contributed by atoms with Gasteiger partial charge in [0.1, 0.15) is 0 Å². The summed E-state index contributed by atoms with van der Waals surface area (Å²) in [4.78, 5) is 0. The molecule has 2 nitrogen and oxygen atoms in total. The van der Waals surface area contributed by atoms with Crippen LogP contribution in [0.4, 0.5) is 0 Å². The van der Waals surface area contributed by atoms with Crippen LogP contribution in [0, 0.1) is 13.8 Å². The second kappa shape index (κ2) is 5.89. The number of hydrogen-bond donors (Lipinski definition) is 1. The average Bonchev–Trinajstić information content (AvgIpc) is 2.23. The Balaban J connectivity index is 2.46. The minimum absolute atomic E-state index is 0.162. The minimum atomic E-state index is 0.162. The van der Waals surface area contributed by atoms with E-state index in [0.29, 0.717) is 13.2 Å². The van der Waals surface area contributed by atoms with E-state index in [1.165, 1.54) is 16.7 Å². The summed E-state index contributed by atoms with van der Waals surface area (Å²) in [5.74, 6) is 0. The van der Waals surface area contributed by atoms with Crippen LogP contribution >= 0.6 is 0 Å². The van der Waals surface area contributed by atoms with Crippen molar-refractivity contribution in [3.05, 3.63) is 34.9 Å². The van der Waals surface area contributed by atoms with Gasteiger partial charge in [-0.1, -0.05) is 30.7 Å². The zero-order valence-electron chi connectivity index (χ0n) is 9.92. The number of nitrogens with two attached hydrogens (primary N) is 1. The molecule has 1 atom stereocenters. The Bertz CT molecular complexity index is 309. The predicted molar refractivity (Wildman–Crippen MR) is 63.8 cm³/mol. The number of aryl methyl sites for hydroxylation is 2. The van der Waals surface area contributed by atoms with E-state index in [-0.39, 0.29) is 6.04 Å². The molecule has 0 bridgehead atoms. The normalized spacial score (nSPS) is 12.8. The number of ether oxygens (including phenoxy) is 1. The molecule has 2 N–H and O–H groups in total. The molecule has 0 saturated carbocycles. The summed E-state index contributed by atoms with van der Waals surface area (Å²) < 4.78 is 5.58. The lowest BCUT2D eigenvalue weighted by molar-refractivity contribution is 0.106. The van der Waals surface area contributed by atoms with E-state index in [0.717, 1.165) is 6.42 Å². The summed E-state index contributed by atoms with van der Waals surface area (Å²) in [5, 5.41) is 0. The van der Waals surface area contributed by atoms with Gasteiger partial charge in [0.2, 0.25) is 0 Å². The fourth-order valence-corrected chi connectivity index (χ4v) is 1.39. The van der Waals surface area contributed by atoms with Gasteiger partial charge in [-0.25, -0.2) is 0 Å². The maximum Gasteiger partial charge on any atom is 0.0720 e. The molecule has 15 heavy (non-hydrogen) atoms. The van der Waals surface area contributed by atoms with Crippen LogP contribution in [-0.4, -0.2) is 12.6 Å². The molecule has 1 aromatic carbocycles. The summed E-state index contributed by atoms with van der Waals surface area (Å²) in [6.45, 7) is 7.59. The summed E-state index contributed by atoms with van der Waals surface area (Å²) in [6, 6.07) is 6.59. The van der Waals surface area contributed by atoms with Crippen molar-refractivity contribution in [2.45, 2.75) is 39.8 Å². The Morgan fingerprint density at radius 2 is 2.07 bits per heavy atom. The van der Waals surface area contributed by atoms with Crippen molar-refractivity contribution in [2.75, 3.05) is 6.61 Å². The lowest BCUT2D eigenvalue weighted by Crippen LogP contribution is -2.24. The van der Waals surface area contributed by atoms with E-state index in [4.69, 9.17) is 10.5 Å². The van der Waals surface area contributed by atoms with Crippen LogP contribution in [0.15, 0.2) is 18.2 Å². The Labute approximate surface area is 92.4 Å². The van der Waals surface area contributed by atoms with Crippen molar-refractivity contribution in [2.24, 2.45) is 5.73 Å². The van der Waals surface area contributed by atoms with E-state index < -0.39 is 0 Å². The highest BCUT2D eigenvalue weighted by Gasteiger charge is 2.01. The zero-order valence-corrected chi connectivity index (χ0v) is 9.92. The first kappa shape index (κ1) is 12.2. The Morgan fingerprint density at radius 3 is 2.73 bits per heavy atom. The molecule has 0 heterocycles. The van der Waals surface area contributed by atoms with Gasteiger partial charge in [-0.05, 0) is 31.4 Å². The van der Waals surface area contributed by atoms with E-state index in [1.807, 2.05) is 0 Å². The highest BCUT2D eigenvalue weighted by atomic mass is 16.5. The van der Waals surface area contributed by atoms with Gasteiger partial charge >= 0.3 is 0 Å². The third-order valence-corrected chi connectivity index (χ3v) is 2.62. The summed E-state index contributed by atoms with van der Waals surface area (Å²) in [7, 11) is 0. The van der Waals surface area contributed by atoms with Crippen molar-refractivity contribution in [1.29, 1.82) is 0 Å². The van der Waals surface area contributed by atoms with Crippen LogP contribution in [0.1, 0.15) is 30.0 Å². The van der Waals surface area contributed by atoms with E-state index in [1.54, 1.807) is 0 Å². The SMILES string of the molecule is CC[C@@H](N)COCc1cc(C)ccc1C. The molecule has 0 aliphatic carbocycles. The van der Waals surface area contributed by atoms with Crippen molar-refractivity contribution in [3.63, 3.8) is 0 Å². The van der Waals surface area contributed by atoms with Gasteiger partial charge in [-0.15, -0.1) is 0 Å². The monoisotopic (exact) mass is 207 g/mol. The van der Waals surface area contributed by atoms with E-state index in [2.05, 4.69) is 39.0 Å². The van der Waals surface area contributed by atoms with Crippen LogP contribution in [0.5, 0.6) is 0 Å². The lowest BCUT2D eigenvalue weighted by atomic mass is 10.1. The highest BCUT2D eigenvalue weighted by molar-refractivity contribution is 5.29. The fourth-order valence-electron chi connectivity index (χ4n) is 1.39. The number of rotatable bonds is 5. The molecule has 0 aliphatic heterocycles. The van der Waals surface area contributed by atoms with Crippen molar-refractivity contribution in [3.8, 4) is 0 Å². The first-order chi connectivity index (χ1) is 7.13. The summed E-state index contributed by atoms with van der Waals surface area (Å²) in [5.41, 5.74) is 9.60. The van der Waals surface area contributed by atoms with Gasteiger partial charge in [-0.3, -0.25) is 0 Å². The zero-order chi connectivity index (χ0) is 11.3. The molecule has 2 heteroatoms. The summed E-state index contributed by atoms with van der Waals surface area (Å²) >= 11 is 0. The smallest absolute Gasteiger partial charge is 0.0720 e. The van der Waals surface area contributed by atoms with E-state index in [9.17, 15) is 0 Å². The van der Waals surface area contributed by atoms with Gasteiger partial charge in [0.15, 0.2) is 0 Å². The molecular weight excluding hydrogens is 186 g/mol. The van der Waals surface area contributed by atoms with Crippen molar-refractivity contribution < 1.29 is 4.74 Å². The number of hydrogen-bond acceptors (Lipinski definition) is 2. The second-order valence-electron chi connectivity index (χ2n) is 4.11. The standard InChI is InChI=1S/C13H21NO/c1-4-13(14)9-15-8-12-7-10(2)5-6-11(12)3/h5-7,13H,4,8-9,14H2,1-3H3/t13-/m1/s1.